The van der Waals surface area contributed by atoms with Crippen molar-refractivity contribution in [2.24, 2.45) is 0 Å². The zero-order chi connectivity index (χ0) is 13.1. The Bertz CT molecular complexity index is 592. The van der Waals surface area contributed by atoms with Gasteiger partial charge < -0.3 is 0 Å². The van der Waals surface area contributed by atoms with Crippen LogP contribution in [0.25, 0.3) is 11.3 Å². The Morgan fingerprint density at radius 1 is 1.21 bits per heavy atom. The average Bonchev–Trinajstić information content (AvgIpc) is 2.98. The van der Waals surface area contributed by atoms with Crippen LogP contribution in [0.4, 0.5) is 0 Å². The molecule has 0 saturated carbocycles. The fourth-order valence-electron chi connectivity index (χ4n) is 1.91. The van der Waals surface area contributed by atoms with Gasteiger partial charge >= 0.3 is 0 Å². The highest BCUT2D eigenvalue weighted by atomic mass is 32.2. The molecule has 1 saturated heterocycles. The van der Waals surface area contributed by atoms with Crippen LogP contribution in [0.15, 0.2) is 29.6 Å². The highest BCUT2D eigenvalue weighted by Gasteiger charge is 2.19. The molecule has 0 aliphatic carbocycles. The van der Waals surface area contributed by atoms with E-state index < -0.39 is 0 Å². The lowest BCUT2D eigenvalue weighted by atomic mass is 10.1. The second kappa shape index (κ2) is 6.00. The molecule has 2 nitrogen and oxygen atoms in total. The lowest BCUT2D eigenvalue weighted by Crippen LogP contribution is -2.06. The molecule has 1 aromatic heterocycles. The summed E-state index contributed by atoms with van der Waals surface area (Å²) in [6.45, 7) is 0. The van der Waals surface area contributed by atoms with E-state index in [1.54, 1.807) is 11.3 Å². The van der Waals surface area contributed by atoms with Crippen LogP contribution < -0.4 is 0 Å². The highest BCUT2D eigenvalue weighted by molar-refractivity contribution is 8.06. The first-order valence-corrected chi connectivity index (χ1v) is 9.10. The van der Waals surface area contributed by atoms with Crippen molar-refractivity contribution in [3.8, 4) is 17.3 Å². The predicted molar refractivity (Wildman–Crippen MR) is 84.8 cm³/mol. The molecule has 1 aliphatic heterocycles. The molecule has 0 bridgehead atoms. The number of rotatable bonds is 2. The lowest BCUT2D eigenvalue weighted by Gasteiger charge is -2.18. The Labute approximate surface area is 125 Å². The Morgan fingerprint density at radius 2 is 2.05 bits per heavy atom. The largest absolute Gasteiger partial charge is 0.240 e. The van der Waals surface area contributed by atoms with Gasteiger partial charge in [-0.3, -0.25) is 0 Å². The minimum Gasteiger partial charge on any atom is -0.240 e. The van der Waals surface area contributed by atoms with Gasteiger partial charge in [-0.1, -0.05) is 12.1 Å². The highest BCUT2D eigenvalue weighted by Crippen LogP contribution is 2.39. The molecule has 19 heavy (non-hydrogen) atoms. The molecular formula is C14H12N2S3. The Balaban J connectivity index is 1.81. The first-order valence-electron chi connectivity index (χ1n) is 6.02. The van der Waals surface area contributed by atoms with Crippen LogP contribution in [0.1, 0.15) is 15.8 Å². The Kier molecular flexibility index (Phi) is 4.12. The number of thioether (sulfide) groups is 2. The number of hydrogen-bond acceptors (Lipinski definition) is 5. The van der Waals surface area contributed by atoms with Crippen LogP contribution in [-0.4, -0.2) is 22.2 Å². The number of hydrogen-bond donors (Lipinski definition) is 0. The summed E-state index contributed by atoms with van der Waals surface area (Å²) in [5.41, 5.74) is 2.81. The van der Waals surface area contributed by atoms with Gasteiger partial charge in [-0.05, 0) is 12.1 Å². The summed E-state index contributed by atoms with van der Waals surface area (Å²) in [7, 11) is 0. The summed E-state index contributed by atoms with van der Waals surface area (Å²) in [5, 5.41) is 12.7. The fraction of sp³-hybridized carbons (Fsp3) is 0.286. The molecule has 5 heteroatoms. The van der Waals surface area contributed by atoms with Gasteiger partial charge in [0.15, 0.2) is 0 Å². The minimum absolute atomic E-state index is 0.552. The first kappa shape index (κ1) is 13.0. The summed E-state index contributed by atoms with van der Waals surface area (Å²) >= 11 is 5.78. The molecule has 0 amide bonds. The van der Waals surface area contributed by atoms with E-state index in [2.05, 4.69) is 11.4 Å². The summed E-state index contributed by atoms with van der Waals surface area (Å²) in [6, 6.07) is 9.78. The van der Waals surface area contributed by atoms with Crippen LogP contribution in [0.2, 0.25) is 0 Å². The van der Waals surface area contributed by atoms with E-state index in [1.165, 1.54) is 22.3 Å². The number of nitrogens with zero attached hydrogens (tertiary/aromatic N) is 2. The molecule has 1 fully saturated rings. The molecule has 0 radical (unpaired) electrons. The molecular weight excluding hydrogens is 292 g/mol. The van der Waals surface area contributed by atoms with E-state index >= 15 is 0 Å². The molecule has 1 aliphatic rings. The van der Waals surface area contributed by atoms with Crippen LogP contribution in [0.3, 0.4) is 0 Å². The third-order valence-corrected chi connectivity index (χ3v) is 6.79. The van der Waals surface area contributed by atoms with Crippen molar-refractivity contribution < 1.29 is 0 Å². The van der Waals surface area contributed by atoms with E-state index in [4.69, 9.17) is 10.2 Å². The fourth-order valence-corrected chi connectivity index (χ4v) is 5.75. The van der Waals surface area contributed by atoms with E-state index in [1.807, 2.05) is 47.8 Å². The smallest absolute Gasteiger partial charge is 0.107 e. The number of nitriles is 1. The minimum atomic E-state index is 0.552. The third kappa shape index (κ3) is 2.97. The summed E-state index contributed by atoms with van der Waals surface area (Å²) in [6.07, 6.45) is 0. The van der Waals surface area contributed by atoms with Gasteiger partial charge in [-0.25, -0.2) is 4.98 Å². The average molecular weight is 304 g/mol. The van der Waals surface area contributed by atoms with Gasteiger partial charge in [0.1, 0.15) is 5.01 Å². The van der Waals surface area contributed by atoms with E-state index in [0.717, 1.165) is 11.3 Å². The van der Waals surface area contributed by atoms with E-state index in [0.29, 0.717) is 10.8 Å². The number of thiazole rings is 1. The SMILES string of the molecule is N#Cc1ccc(-c2csc(C3CSCCS3)n2)cc1. The molecule has 1 aromatic carbocycles. The normalized spacial score (nSPS) is 19.0. The monoisotopic (exact) mass is 304 g/mol. The van der Waals surface area contributed by atoms with Crippen molar-refractivity contribution in [2.75, 3.05) is 17.3 Å². The van der Waals surface area contributed by atoms with Crippen LogP contribution in [0, 0.1) is 11.3 Å². The topological polar surface area (TPSA) is 36.7 Å². The van der Waals surface area contributed by atoms with Crippen molar-refractivity contribution in [3.63, 3.8) is 0 Å². The van der Waals surface area contributed by atoms with Crippen molar-refractivity contribution >= 4 is 34.9 Å². The van der Waals surface area contributed by atoms with Gasteiger partial charge in [-0.2, -0.15) is 17.0 Å². The molecule has 3 rings (SSSR count). The van der Waals surface area contributed by atoms with Crippen LogP contribution in [0.5, 0.6) is 0 Å². The Morgan fingerprint density at radius 3 is 2.74 bits per heavy atom. The van der Waals surface area contributed by atoms with Gasteiger partial charge in [0, 0.05) is 28.2 Å². The van der Waals surface area contributed by atoms with E-state index in [-0.39, 0.29) is 0 Å². The quantitative estimate of drug-likeness (QED) is 0.833. The van der Waals surface area contributed by atoms with Gasteiger partial charge in [0.05, 0.1) is 22.6 Å². The summed E-state index contributed by atoms with van der Waals surface area (Å²) in [4.78, 5) is 4.76. The number of aromatic nitrogens is 1. The second-order valence-electron chi connectivity index (χ2n) is 4.19. The van der Waals surface area contributed by atoms with Crippen molar-refractivity contribution in [3.05, 3.63) is 40.2 Å². The van der Waals surface area contributed by atoms with Gasteiger partial charge in [0.2, 0.25) is 0 Å². The first-order chi connectivity index (χ1) is 9.36. The maximum absolute atomic E-state index is 8.80. The number of benzene rings is 1. The molecule has 0 N–H and O–H groups in total. The summed E-state index contributed by atoms with van der Waals surface area (Å²) < 4.78 is 0. The van der Waals surface area contributed by atoms with E-state index in [9.17, 15) is 0 Å². The van der Waals surface area contributed by atoms with Crippen molar-refractivity contribution in [1.29, 1.82) is 5.26 Å². The van der Waals surface area contributed by atoms with Crippen LogP contribution >= 0.6 is 34.9 Å². The molecule has 1 unspecified atom stereocenters. The predicted octanol–water partition coefficient (Wildman–Crippen LogP) is 4.20. The maximum atomic E-state index is 8.80. The van der Waals surface area contributed by atoms with Gasteiger partial charge in [-0.15, -0.1) is 23.1 Å². The van der Waals surface area contributed by atoms with Crippen molar-refractivity contribution in [1.82, 2.24) is 4.98 Å². The zero-order valence-electron chi connectivity index (χ0n) is 10.2. The third-order valence-electron chi connectivity index (χ3n) is 2.92. The molecule has 0 spiro atoms. The zero-order valence-corrected chi connectivity index (χ0v) is 12.7. The van der Waals surface area contributed by atoms with Gasteiger partial charge in [0.25, 0.3) is 0 Å². The second-order valence-corrected chi connectivity index (χ2v) is 7.54. The van der Waals surface area contributed by atoms with Crippen LogP contribution in [-0.2, 0) is 0 Å². The molecule has 2 heterocycles. The van der Waals surface area contributed by atoms with Crippen molar-refractivity contribution in [2.45, 2.75) is 5.25 Å². The summed E-state index contributed by atoms with van der Waals surface area (Å²) in [5.74, 6) is 3.65. The standard InChI is InChI=1S/C14H12N2S3/c15-7-10-1-3-11(4-2-10)12-8-19-14(16-12)13-9-17-5-6-18-13/h1-4,8,13H,5-6,9H2. The molecule has 96 valence electrons. The lowest BCUT2D eigenvalue weighted by molar-refractivity contribution is 1.07. The Hall–Kier alpha value is -0.960. The molecule has 2 aromatic rings. The maximum Gasteiger partial charge on any atom is 0.107 e. The molecule has 1 atom stereocenters.